The van der Waals surface area contributed by atoms with Gasteiger partial charge in [-0.1, -0.05) is 24.3 Å². The standard InChI is InChI=1S/C22H15F3N2O3S/c23-22(24,25)16-6-3-7-18(14-16)31(28,29)27-20-8-1-2-9-21(20)30-17-10-11-19-15(13-17)5-4-12-26-19/h1-14,27H. The molecule has 0 spiro atoms. The number of hydrogen-bond acceptors (Lipinski definition) is 4. The molecular weight excluding hydrogens is 429 g/mol. The third-order valence-electron chi connectivity index (χ3n) is 4.41. The lowest BCUT2D eigenvalue weighted by Crippen LogP contribution is -2.15. The summed E-state index contributed by atoms with van der Waals surface area (Å²) in [5.74, 6) is 0.646. The van der Waals surface area contributed by atoms with Crippen LogP contribution in [0.4, 0.5) is 18.9 Å². The van der Waals surface area contributed by atoms with Gasteiger partial charge in [-0.25, -0.2) is 8.42 Å². The number of aromatic nitrogens is 1. The predicted octanol–water partition coefficient (Wildman–Crippen LogP) is 5.85. The molecule has 1 N–H and O–H groups in total. The largest absolute Gasteiger partial charge is 0.455 e. The highest BCUT2D eigenvalue weighted by Gasteiger charge is 2.31. The van der Waals surface area contributed by atoms with Crippen molar-refractivity contribution in [3.05, 3.63) is 90.6 Å². The smallest absolute Gasteiger partial charge is 0.416 e. The summed E-state index contributed by atoms with van der Waals surface area (Å²) in [7, 11) is -4.29. The van der Waals surface area contributed by atoms with Crippen LogP contribution in [0, 0.1) is 0 Å². The lowest BCUT2D eigenvalue weighted by molar-refractivity contribution is -0.137. The molecule has 4 aromatic rings. The Bertz CT molecular complexity index is 1360. The zero-order chi connectivity index (χ0) is 22.1. The van der Waals surface area contributed by atoms with E-state index in [1.54, 1.807) is 48.7 Å². The molecule has 0 aliphatic heterocycles. The molecule has 3 aromatic carbocycles. The second-order valence-corrected chi connectivity index (χ2v) is 8.27. The minimum atomic E-state index is -4.66. The highest BCUT2D eigenvalue weighted by molar-refractivity contribution is 7.92. The molecule has 0 bridgehead atoms. The van der Waals surface area contributed by atoms with E-state index in [1.807, 2.05) is 6.07 Å². The molecule has 9 heteroatoms. The van der Waals surface area contributed by atoms with Crippen molar-refractivity contribution in [1.29, 1.82) is 0 Å². The maximum Gasteiger partial charge on any atom is 0.416 e. The minimum absolute atomic E-state index is 0.0891. The van der Waals surface area contributed by atoms with E-state index in [9.17, 15) is 21.6 Å². The van der Waals surface area contributed by atoms with Gasteiger partial charge >= 0.3 is 6.18 Å². The van der Waals surface area contributed by atoms with E-state index in [4.69, 9.17) is 4.74 Å². The second kappa shape index (κ2) is 7.92. The van der Waals surface area contributed by atoms with E-state index >= 15 is 0 Å². The molecule has 1 heterocycles. The molecule has 5 nitrogen and oxygen atoms in total. The van der Waals surface area contributed by atoms with E-state index in [0.717, 1.165) is 29.1 Å². The molecule has 4 rings (SSSR count). The van der Waals surface area contributed by atoms with Crippen molar-refractivity contribution in [1.82, 2.24) is 4.98 Å². The molecule has 0 aliphatic rings. The number of anilines is 1. The van der Waals surface area contributed by atoms with E-state index in [2.05, 4.69) is 9.71 Å². The first-order chi connectivity index (χ1) is 14.7. The molecule has 0 radical (unpaired) electrons. The van der Waals surface area contributed by atoms with Crippen molar-refractivity contribution in [3.63, 3.8) is 0 Å². The van der Waals surface area contributed by atoms with E-state index in [1.165, 1.54) is 6.07 Å². The SMILES string of the molecule is O=S(=O)(Nc1ccccc1Oc1ccc2ncccc2c1)c1cccc(C(F)(F)F)c1. The maximum absolute atomic E-state index is 13.0. The van der Waals surface area contributed by atoms with Gasteiger partial charge < -0.3 is 4.74 Å². The summed E-state index contributed by atoms with van der Waals surface area (Å²) in [6.45, 7) is 0. The molecule has 0 saturated heterocycles. The fraction of sp³-hybridized carbons (Fsp3) is 0.0455. The summed E-state index contributed by atoms with van der Waals surface area (Å²) in [5.41, 5.74) is -0.190. The van der Waals surface area contributed by atoms with Gasteiger partial charge in [-0.15, -0.1) is 0 Å². The van der Waals surface area contributed by atoms with E-state index in [-0.39, 0.29) is 11.4 Å². The number of pyridine rings is 1. The molecule has 0 saturated carbocycles. The molecule has 31 heavy (non-hydrogen) atoms. The average Bonchev–Trinajstić information content (AvgIpc) is 2.74. The third-order valence-corrected chi connectivity index (χ3v) is 5.77. The molecule has 0 atom stereocenters. The number of benzene rings is 3. The van der Waals surface area contributed by atoms with Gasteiger partial charge in [-0.2, -0.15) is 13.2 Å². The number of alkyl halides is 3. The van der Waals surface area contributed by atoms with Crippen LogP contribution in [0.25, 0.3) is 10.9 Å². The Balaban J connectivity index is 1.64. The van der Waals surface area contributed by atoms with Crippen molar-refractivity contribution >= 4 is 26.6 Å². The van der Waals surface area contributed by atoms with Crippen LogP contribution in [0.3, 0.4) is 0 Å². The van der Waals surface area contributed by atoms with Gasteiger partial charge in [0.05, 0.1) is 21.7 Å². The number of halogens is 3. The number of hydrogen-bond donors (Lipinski definition) is 1. The van der Waals surface area contributed by atoms with Crippen LogP contribution >= 0.6 is 0 Å². The fourth-order valence-electron chi connectivity index (χ4n) is 2.93. The van der Waals surface area contributed by atoms with Crippen molar-refractivity contribution in [2.45, 2.75) is 11.1 Å². The van der Waals surface area contributed by atoms with Gasteiger partial charge in [-0.3, -0.25) is 9.71 Å². The van der Waals surface area contributed by atoms with Crippen LogP contribution in [0.15, 0.2) is 90.0 Å². The van der Waals surface area contributed by atoms with Crippen LogP contribution in [-0.2, 0) is 16.2 Å². The summed E-state index contributed by atoms with van der Waals surface area (Å²) in [4.78, 5) is 3.72. The Morgan fingerprint density at radius 1 is 0.871 bits per heavy atom. The zero-order valence-corrected chi connectivity index (χ0v) is 16.6. The van der Waals surface area contributed by atoms with Gasteiger partial charge in [-0.05, 0) is 54.6 Å². The minimum Gasteiger partial charge on any atom is -0.455 e. The van der Waals surface area contributed by atoms with Crippen LogP contribution in [0.5, 0.6) is 11.5 Å². The van der Waals surface area contributed by atoms with Crippen molar-refractivity contribution in [2.24, 2.45) is 0 Å². The molecule has 158 valence electrons. The van der Waals surface area contributed by atoms with Crippen LogP contribution in [-0.4, -0.2) is 13.4 Å². The fourth-order valence-corrected chi connectivity index (χ4v) is 4.04. The first kappa shape index (κ1) is 20.7. The van der Waals surface area contributed by atoms with E-state index in [0.29, 0.717) is 11.8 Å². The third kappa shape index (κ3) is 4.61. The number of nitrogens with zero attached hydrogens (tertiary/aromatic N) is 1. The molecule has 0 unspecified atom stereocenters. The predicted molar refractivity (Wildman–Crippen MR) is 111 cm³/mol. The lowest BCUT2D eigenvalue weighted by atomic mass is 10.2. The van der Waals surface area contributed by atoms with Crippen molar-refractivity contribution in [3.8, 4) is 11.5 Å². The number of rotatable bonds is 5. The highest BCUT2D eigenvalue weighted by atomic mass is 32.2. The number of fused-ring (bicyclic) bond motifs is 1. The number of sulfonamides is 1. The van der Waals surface area contributed by atoms with Gasteiger partial charge in [0.15, 0.2) is 5.75 Å². The Kier molecular flexibility index (Phi) is 5.28. The number of ether oxygens (including phenoxy) is 1. The topological polar surface area (TPSA) is 68.3 Å². The average molecular weight is 444 g/mol. The Morgan fingerprint density at radius 3 is 2.48 bits per heavy atom. The van der Waals surface area contributed by atoms with Gasteiger partial charge in [0.25, 0.3) is 10.0 Å². The van der Waals surface area contributed by atoms with Crippen LogP contribution in [0.1, 0.15) is 5.56 Å². The molecule has 0 aliphatic carbocycles. The summed E-state index contributed by atoms with van der Waals surface area (Å²) in [6, 6.07) is 18.6. The maximum atomic E-state index is 13.0. The zero-order valence-electron chi connectivity index (χ0n) is 15.8. The van der Waals surface area contributed by atoms with E-state index < -0.39 is 26.7 Å². The van der Waals surface area contributed by atoms with Gasteiger partial charge in [0.2, 0.25) is 0 Å². The van der Waals surface area contributed by atoms with Gasteiger partial charge in [0.1, 0.15) is 5.75 Å². The molecular formula is C22H15F3N2O3S. The first-order valence-corrected chi connectivity index (χ1v) is 10.5. The molecule has 1 aromatic heterocycles. The Hall–Kier alpha value is -3.59. The molecule has 0 amide bonds. The number of para-hydroxylation sites is 2. The summed E-state index contributed by atoms with van der Waals surface area (Å²) in [6.07, 6.45) is -2.99. The van der Waals surface area contributed by atoms with Crippen LogP contribution < -0.4 is 9.46 Å². The Labute approximate surface area is 176 Å². The van der Waals surface area contributed by atoms with Crippen LogP contribution in [0.2, 0.25) is 0 Å². The summed E-state index contributed by atoms with van der Waals surface area (Å²) < 4.78 is 72.5. The highest BCUT2D eigenvalue weighted by Crippen LogP contribution is 2.34. The van der Waals surface area contributed by atoms with Gasteiger partial charge in [0, 0.05) is 11.6 Å². The van der Waals surface area contributed by atoms with Crippen molar-refractivity contribution in [2.75, 3.05) is 4.72 Å². The number of nitrogens with one attached hydrogen (secondary N) is 1. The Morgan fingerprint density at radius 2 is 1.68 bits per heavy atom. The quantitative estimate of drug-likeness (QED) is 0.420. The molecule has 0 fully saturated rings. The normalized spacial score (nSPS) is 12.0. The first-order valence-electron chi connectivity index (χ1n) is 9.04. The monoisotopic (exact) mass is 444 g/mol. The lowest BCUT2D eigenvalue weighted by Gasteiger charge is -2.14. The summed E-state index contributed by atoms with van der Waals surface area (Å²) >= 11 is 0. The van der Waals surface area contributed by atoms with Crippen molar-refractivity contribution < 1.29 is 26.3 Å². The second-order valence-electron chi connectivity index (χ2n) is 6.59. The summed E-state index contributed by atoms with van der Waals surface area (Å²) in [5, 5.41) is 0.835.